The lowest BCUT2D eigenvalue weighted by Gasteiger charge is -2.32. The third kappa shape index (κ3) is 2.33. The van der Waals surface area contributed by atoms with Gasteiger partial charge in [0.05, 0.1) is 19.3 Å². The van der Waals surface area contributed by atoms with Crippen molar-refractivity contribution in [1.29, 1.82) is 0 Å². The Balaban J connectivity index is 1.96. The third-order valence-corrected chi connectivity index (χ3v) is 2.49. The topological polar surface area (TPSA) is 67.6 Å². The summed E-state index contributed by atoms with van der Waals surface area (Å²) in [6.07, 6.45) is 0. The molecule has 0 aliphatic carbocycles. The normalized spacial score (nSPS) is 20.9. The van der Waals surface area contributed by atoms with E-state index in [2.05, 4.69) is 10.5 Å². The molecule has 1 fully saturated rings. The number of aryl methyl sites for hydroxylation is 1. The zero-order valence-electron chi connectivity index (χ0n) is 9.40. The zero-order chi connectivity index (χ0) is 11.5. The Bertz CT molecular complexity index is 377. The lowest BCUT2D eigenvalue weighted by molar-refractivity contribution is 0.0221. The highest BCUT2D eigenvalue weighted by Crippen LogP contribution is 2.11. The second-order valence-corrected chi connectivity index (χ2v) is 3.87. The molecule has 1 aromatic rings. The minimum absolute atomic E-state index is 0.0850. The summed E-state index contributed by atoms with van der Waals surface area (Å²) in [7, 11) is 0. The van der Waals surface area contributed by atoms with Crippen LogP contribution in [0.3, 0.4) is 0 Å². The van der Waals surface area contributed by atoms with Crippen LogP contribution in [0.1, 0.15) is 12.7 Å². The zero-order valence-corrected chi connectivity index (χ0v) is 9.40. The summed E-state index contributed by atoms with van der Waals surface area (Å²) in [5, 5.41) is 6.40. The van der Waals surface area contributed by atoms with Gasteiger partial charge in [0.25, 0.3) is 0 Å². The molecular weight excluding hydrogens is 210 g/mol. The summed E-state index contributed by atoms with van der Waals surface area (Å²) < 4.78 is 10.1. The van der Waals surface area contributed by atoms with E-state index in [0.29, 0.717) is 31.3 Å². The molecule has 0 spiro atoms. The molecule has 1 aliphatic heterocycles. The van der Waals surface area contributed by atoms with Crippen molar-refractivity contribution < 1.29 is 14.1 Å². The summed E-state index contributed by atoms with van der Waals surface area (Å²) in [6.45, 7) is 5.48. The van der Waals surface area contributed by atoms with E-state index in [4.69, 9.17) is 9.26 Å². The Labute approximate surface area is 93.5 Å². The number of carbonyl (C=O) groups is 1. The smallest absolute Gasteiger partial charge is 0.323 e. The predicted octanol–water partition coefficient (Wildman–Crippen LogP) is 1.24. The second-order valence-electron chi connectivity index (χ2n) is 3.87. The Morgan fingerprint density at radius 1 is 1.69 bits per heavy atom. The van der Waals surface area contributed by atoms with Crippen LogP contribution in [0.2, 0.25) is 0 Å². The molecule has 1 saturated heterocycles. The van der Waals surface area contributed by atoms with E-state index in [1.165, 1.54) is 0 Å². The maximum Gasteiger partial charge on any atom is 0.323 e. The number of morpholine rings is 1. The van der Waals surface area contributed by atoms with Crippen LogP contribution in [-0.2, 0) is 4.74 Å². The average Bonchev–Trinajstić information content (AvgIpc) is 2.64. The van der Waals surface area contributed by atoms with E-state index < -0.39 is 0 Å². The Kier molecular flexibility index (Phi) is 3.09. The predicted molar refractivity (Wildman–Crippen MR) is 57.2 cm³/mol. The minimum Gasteiger partial charge on any atom is -0.377 e. The van der Waals surface area contributed by atoms with Crippen molar-refractivity contribution >= 4 is 11.8 Å². The average molecular weight is 225 g/mol. The maximum absolute atomic E-state index is 11.9. The van der Waals surface area contributed by atoms with Gasteiger partial charge < -0.3 is 14.2 Å². The number of amides is 2. The molecule has 16 heavy (non-hydrogen) atoms. The van der Waals surface area contributed by atoms with Crippen LogP contribution in [0.25, 0.3) is 0 Å². The first-order chi connectivity index (χ1) is 7.66. The van der Waals surface area contributed by atoms with Gasteiger partial charge in [0.15, 0.2) is 5.82 Å². The lowest BCUT2D eigenvalue weighted by Crippen LogP contribution is -2.48. The maximum atomic E-state index is 11.9. The van der Waals surface area contributed by atoms with Gasteiger partial charge in [-0.1, -0.05) is 5.16 Å². The molecule has 88 valence electrons. The van der Waals surface area contributed by atoms with Gasteiger partial charge in [0, 0.05) is 12.6 Å². The standard InChI is InChI=1S/C10H15N3O3/c1-7-6-15-4-3-13(7)10(14)11-9-5-8(2)16-12-9/h5,7H,3-4,6H2,1-2H3,(H,11,12,14)/t7-/m1/s1. The van der Waals surface area contributed by atoms with E-state index in [9.17, 15) is 4.79 Å². The van der Waals surface area contributed by atoms with Gasteiger partial charge >= 0.3 is 6.03 Å². The van der Waals surface area contributed by atoms with Crippen molar-refractivity contribution in [3.8, 4) is 0 Å². The fraction of sp³-hybridized carbons (Fsp3) is 0.600. The molecule has 2 heterocycles. The fourth-order valence-electron chi connectivity index (χ4n) is 1.64. The molecule has 0 radical (unpaired) electrons. The van der Waals surface area contributed by atoms with Crippen LogP contribution in [0, 0.1) is 6.92 Å². The molecule has 6 nitrogen and oxygen atoms in total. The molecule has 0 aromatic carbocycles. The van der Waals surface area contributed by atoms with Gasteiger partial charge in [-0.25, -0.2) is 4.79 Å². The van der Waals surface area contributed by atoms with Crippen LogP contribution in [0.15, 0.2) is 10.6 Å². The van der Waals surface area contributed by atoms with Crippen molar-refractivity contribution in [2.45, 2.75) is 19.9 Å². The van der Waals surface area contributed by atoms with Crippen molar-refractivity contribution in [2.24, 2.45) is 0 Å². The van der Waals surface area contributed by atoms with Crippen LogP contribution < -0.4 is 5.32 Å². The Hall–Kier alpha value is -1.56. The molecule has 2 amide bonds. The number of urea groups is 1. The molecule has 0 bridgehead atoms. The fourth-order valence-corrected chi connectivity index (χ4v) is 1.64. The summed E-state index contributed by atoms with van der Waals surface area (Å²) in [5.74, 6) is 1.12. The number of carbonyl (C=O) groups excluding carboxylic acids is 1. The van der Waals surface area contributed by atoms with Gasteiger partial charge in [-0.2, -0.15) is 0 Å². The SMILES string of the molecule is Cc1cc(NC(=O)N2CCOC[C@H]2C)no1. The highest BCUT2D eigenvalue weighted by atomic mass is 16.5. The molecule has 0 saturated carbocycles. The third-order valence-electron chi connectivity index (χ3n) is 2.49. The molecule has 1 N–H and O–H groups in total. The summed E-state index contributed by atoms with van der Waals surface area (Å²) in [5.41, 5.74) is 0. The van der Waals surface area contributed by atoms with Gasteiger partial charge in [0.2, 0.25) is 0 Å². The van der Waals surface area contributed by atoms with Crippen LogP contribution >= 0.6 is 0 Å². The number of rotatable bonds is 1. The number of nitrogens with one attached hydrogen (secondary N) is 1. The molecule has 0 unspecified atom stereocenters. The number of hydrogen-bond acceptors (Lipinski definition) is 4. The van der Waals surface area contributed by atoms with Gasteiger partial charge in [-0.15, -0.1) is 0 Å². The summed E-state index contributed by atoms with van der Waals surface area (Å²) in [4.78, 5) is 13.6. The van der Waals surface area contributed by atoms with E-state index in [0.717, 1.165) is 0 Å². The monoisotopic (exact) mass is 225 g/mol. The number of nitrogens with zero attached hydrogens (tertiary/aromatic N) is 2. The first-order valence-electron chi connectivity index (χ1n) is 5.25. The quantitative estimate of drug-likeness (QED) is 0.780. The van der Waals surface area contributed by atoms with Gasteiger partial charge in [-0.05, 0) is 13.8 Å². The number of ether oxygens (including phenoxy) is 1. The van der Waals surface area contributed by atoms with Crippen molar-refractivity contribution in [3.05, 3.63) is 11.8 Å². The molecule has 1 aromatic heterocycles. The first-order valence-corrected chi connectivity index (χ1v) is 5.25. The van der Waals surface area contributed by atoms with Crippen molar-refractivity contribution in [3.63, 3.8) is 0 Å². The van der Waals surface area contributed by atoms with Crippen LogP contribution in [-0.4, -0.2) is 41.9 Å². The van der Waals surface area contributed by atoms with E-state index >= 15 is 0 Å². The summed E-state index contributed by atoms with van der Waals surface area (Å²) in [6, 6.07) is 1.61. The summed E-state index contributed by atoms with van der Waals surface area (Å²) >= 11 is 0. The van der Waals surface area contributed by atoms with E-state index in [1.807, 2.05) is 6.92 Å². The first kappa shape index (κ1) is 10.9. The van der Waals surface area contributed by atoms with Crippen LogP contribution in [0.5, 0.6) is 0 Å². The van der Waals surface area contributed by atoms with E-state index in [1.54, 1.807) is 17.9 Å². The number of hydrogen-bond donors (Lipinski definition) is 1. The van der Waals surface area contributed by atoms with Crippen molar-refractivity contribution in [2.75, 3.05) is 25.1 Å². The van der Waals surface area contributed by atoms with E-state index in [-0.39, 0.29) is 12.1 Å². The highest BCUT2D eigenvalue weighted by Gasteiger charge is 2.24. The van der Waals surface area contributed by atoms with Crippen molar-refractivity contribution in [1.82, 2.24) is 10.1 Å². The van der Waals surface area contributed by atoms with Crippen LogP contribution in [0.4, 0.5) is 10.6 Å². The Morgan fingerprint density at radius 2 is 2.50 bits per heavy atom. The van der Waals surface area contributed by atoms with Gasteiger partial charge in [0.1, 0.15) is 5.76 Å². The highest BCUT2D eigenvalue weighted by molar-refractivity contribution is 5.88. The molecule has 2 rings (SSSR count). The number of aromatic nitrogens is 1. The van der Waals surface area contributed by atoms with Gasteiger partial charge in [-0.3, -0.25) is 5.32 Å². The lowest BCUT2D eigenvalue weighted by atomic mass is 10.3. The minimum atomic E-state index is -0.163. The largest absolute Gasteiger partial charge is 0.377 e. The molecule has 1 atom stereocenters. The molecule has 1 aliphatic rings. The molecule has 6 heteroatoms. The Morgan fingerprint density at radius 3 is 3.12 bits per heavy atom. The number of anilines is 1. The molecular formula is C10H15N3O3. The second kappa shape index (κ2) is 4.52.